The van der Waals surface area contributed by atoms with Gasteiger partial charge in [0.1, 0.15) is 5.82 Å². The zero-order chi connectivity index (χ0) is 15.4. The molecule has 1 aromatic rings. The van der Waals surface area contributed by atoms with Crippen LogP contribution in [0.15, 0.2) is 12.4 Å². The van der Waals surface area contributed by atoms with Crippen LogP contribution < -0.4 is 10.1 Å². The number of rotatable bonds is 5. The summed E-state index contributed by atoms with van der Waals surface area (Å²) in [5, 5.41) is 3.53. The molecule has 1 saturated carbocycles. The minimum absolute atomic E-state index is 0.120. The van der Waals surface area contributed by atoms with Crippen molar-refractivity contribution in [3.63, 3.8) is 0 Å². The van der Waals surface area contributed by atoms with Crippen LogP contribution in [0.5, 0.6) is 5.88 Å². The molecule has 1 spiro atoms. The standard InChI is InChI=1S/C17H27N3O2/c1-13(2)12-21-16-11-18-10-15(20-16)19-14-5-8-22-17(9-14)6-3-4-7-17/h10-11,13-14H,3-9,12H2,1-2H3,(H,19,20). The van der Waals surface area contributed by atoms with Crippen molar-refractivity contribution < 1.29 is 9.47 Å². The van der Waals surface area contributed by atoms with E-state index in [1.165, 1.54) is 25.7 Å². The molecule has 1 N–H and O–H groups in total. The van der Waals surface area contributed by atoms with Crippen LogP contribution in [-0.4, -0.2) is 34.8 Å². The van der Waals surface area contributed by atoms with E-state index in [4.69, 9.17) is 9.47 Å². The molecule has 2 aliphatic rings. The van der Waals surface area contributed by atoms with Gasteiger partial charge in [-0.2, -0.15) is 4.98 Å². The Morgan fingerprint density at radius 3 is 2.95 bits per heavy atom. The van der Waals surface area contributed by atoms with Gasteiger partial charge in [0.25, 0.3) is 0 Å². The molecule has 1 atom stereocenters. The Labute approximate surface area is 132 Å². The Bertz CT molecular complexity index is 487. The number of aromatic nitrogens is 2. The summed E-state index contributed by atoms with van der Waals surface area (Å²) in [4.78, 5) is 8.75. The maximum Gasteiger partial charge on any atom is 0.234 e. The van der Waals surface area contributed by atoms with E-state index in [1.807, 2.05) is 0 Å². The Kier molecular flexibility index (Phi) is 4.81. The molecule has 1 saturated heterocycles. The third-order valence-corrected chi connectivity index (χ3v) is 4.54. The summed E-state index contributed by atoms with van der Waals surface area (Å²) >= 11 is 0. The molecule has 122 valence electrons. The zero-order valence-electron chi connectivity index (χ0n) is 13.7. The average Bonchev–Trinajstić information content (AvgIpc) is 2.93. The number of nitrogens with zero attached hydrogens (tertiary/aromatic N) is 2. The molecule has 1 unspecified atom stereocenters. The first-order valence-electron chi connectivity index (χ1n) is 8.51. The van der Waals surface area contributed by atoms with Crippen LogP contribution in [0.2, 0.25) is 0 Å². The van der Waals surface area contributed by atoms with Crippen LogP contribution in [0, 0.1) is 5.92 Å². The van der Waals surface area contributed by atoms with Crippen molar-refractivity contribution in [1.29, 1.82) is 0 Å². The fourth-order valence-electron chi connectivity index (χ4n) is 3.47. The van der Waals surface area contributed by atoms with E-state index in [-0.39, 0.29) is 5.60 Å². The van der Waals surface area contributed by atoms with Gasteiger partial charge in [-0.3, -0.25) is 4.98 Å². The van der Waals surface area contributed by atoms with Gasteiger partial charge in [-0.15, -0.1) is 0 Å². The fourth-order valence-corrected chi connectivity index (χ4v) is 3.47. The topological polar surface area (TPSA) is 56.3 Å². The van der Waals surface area contributed by atoms with Gasteiger partial charge in [-0.25, -0.2) is 0 Å². The summed E-state index contributed by atoms with van der Waals surface area (Å²) in [5.41, 5.74) is 0.120. The lowest BCUT2D eigenvalue weighted by Gasteiger charge is -2.38. The van der Waals surface area contributed by atoms with Crippen molar-refractivity contribution in [2.45, 2.75) is 64.0 Å². The zero-order valence-corrected chi connectivity index (χ0v) is 13.7. The Hall–Kier alpha value is -1.36. The number of anilines is 1. The Morgan fingerprint density at radius 2 is 2.18 bits per heavy atom. The molecule has 0 aromatic carbocycles. The summed E-state index contributed by atoms with van der Waals surface area (Å²) in [5.74, 6) is 1.89. The molecule has 0 amide bonds. The van der Waals surface area contributed by atoms with E-state index in [2.05, 4.69) is 29.1 Å². The predicted molar refractivity (Wildman–Crippen MR) is 86.2 cm³/mol. The number of hydrogen-bond donors (Lipinski definition) is 1. The third kappa shape index (κ3) is 3.88. The number of ether oxygens (including phenoxy) is 2. The molecule has 1 aromatic heterocycles. The van der Waals surface area contributed by atoms with Crippen molar-refractivity contribution in [1.82, 2.24) is 9.97 Å². The highest BCUT2D eigenvalue weighted by atomic mass is 16.5. The first-order chi connectivity index (χ1) is 10.7. The minimum Gasteiger partial charge on any atom is -0.476 e. The minimum atomic E-state index is 0.120. The van der Waals surface area contributed by atoms with Crippen molar-refractivity contribution in [2.75, 3.05) is 18.5 Å². The second kappa shape index (κ2) is 6.82. The monoisotopic (exact) mass is 305 g/mol. The summed E-state index contributed by atoms with van der Waals surface area (Å²) in [6, 6.07) is 0.418. The summed E-state index contributed by atoms with van der Waals surface area (Å²) < 4.78 is 11.7. The van der Waals surface area contributed by atoms with Gasteiger partial charge in [0.2, 0.25) is 5.88 Å². The van der Waals surface area contributed by atoms with Gasteiger partial charge in [-0.05, 0) is 31.6 Å². The van der Waals surface area contributed by atoms with Gasteiger partial charge in [0.05, 0.1) is 24.6 Å². The van der Waals surface area contributed by atoms with Crippen molar-refractivity contribution in [2.24, 2.45) is 5.92 Å². The van der Waals surface area contributed by atoms with E-state index in [0.29, 0.717) is 24.4 Å². The first-order valence-corrected chi connectivity index (χ1v) is 8.51. The van der Waals surface area contributed by atoms with Crippen molar-refractivity contribution >= 4 is 5.82 Å². The number of hydrogen-bond acceptors (Lipinski definition) is 5. The smallest absolute Gasteiger partial charge is 0.234 e. The lowest BCUT2D eigenvalue weighted by molar-refractivity contribution is -0.0767. The van der Waals surface area contributed by atoms with Crippen LogP contribution in [0.1, 0.15) is 52.4 Å². The maximum atomic E-state index is 6.08. The summed E-state index contributed by atoms with van der Waals surface area (Å²) in [7, 11) is 0. The van der Waals surface area contributed by atoms with Crippen LogP contribution in [-0.2, 0) is 4.74 Å². The second-order valence-electron chi connectivity index (χ2n) is 7.02. The highest BCUT2D eigenvalue weighted by molar-refractivity contribution is 5.35. The molecule has 0 bridgehead atoms. The predicted octanol–water partition coefficient (Wildman–Crippen LogP) is 3.42. The quantitative estimate of drug-likeness (QED) is 0.903. The largest absolute Gasteiger partial charge is 0.476 e. The molecular formula is C17H27N3O2. The molecular weight excluding hydrogens is 278 g/mol. The van der Waals surface area contributed by atoms with Gasteiger partial charge < -0.3 is 14.8 Å². The Morgan fingerprint density at radius 1 is 1.36 bits per heavy atom. The lowest BCUT2D eigenvalue weighted by Crippen LogP contribution is -2.42. The molecule has 1 aliphatic heterocycles. The average molecular weight is 305 g/mol. The normalized spacial score (nSPS) is 23.9. The van der Waals surface area contributed by atoms with Crippen LogP contribution in [0.25, 0.3) is 0 Å². The third-order valence-electron chi connectivity index (χ3n) is 4.54. The molecule has 2 heterocycles. The van der Waals surface area contributed by atoms with Gasteiger partial charge >= 0.3 is 0 Å². The summed E-state index contributed by atoms with van der Waals surface area (Å²) in [6.45, 7) is 5.75. The van der Waals surface area contributed by atoms with Crippen molar-refractivity contribution in [3.8, 4) is 5.88 Å². The SMILES string of the molecule is CC(C)COc1cncc(NC2CCOC3(CCCC3)C2)n1. The van der Waals surface area contributed by atoms with E-state index in [9.17, 15) is 0 Å². The molecule has 0 radical (unpaired) electrons. The van der Waals surface area contributed by atoms with Gasteiger partial charge in [0, 0.05) is 12.6 Å². The molecule has 1 aliphatic carbocycles. The molecule has 5 heteroatoms. The highest BCUT2D eigenvalue weighted by Crippen LogP contribution is 2.40. The van der Waals surface area contributed by atoms with E-state index in [0.717, 1.165) is 25.3 Å². The fraction of sp³-hybridized carbons (Fsp3) is 0.765. The lowest BCUT2D eigenvalue weighted by atomic mass is 9.89. The molecule has 2 fully saturated rings. The second-order valence-corrected chi connectivity index (χ2v) is 7.02. The molecule has 5 nitrogen and oxygen atoms in total. The number of nitrogens with one attached hydrogen (secondary N) is 1. The van der Waals surface area contributed by atoms with Crippen LogP contribution >= 0.6 is 0 Å². The van der Waals surface area contributed by atoms with E-state index < -0.39 is 0 Å². The van der Waals surface area contributed by atoms with E-state index in [1.54, 1.807) is 12.4 Å². The Balaban J connectivity index is 1.59. The van der Waals surface area contributed by atoms with Gasteiger partial charge in [0.15, 0.2) is 0 Å². The van der Waals surface area contributed by atoms with E-state index >= 15 is 0 Å². The first kappa shape index (κ1) is 15.5. The highest BCUT2D eigenvalue weighted by Gasteiger charge is 2.39. The van der Waals surface area contributed by atoms with Crippen LogP contribution in [0.4, 0.5) is 5.82 Å². The summed E-state index contributed by atoms with van der Waals surface area (Å²) in [6.07, 6.45) is 10.6. The molecule has 3 rings (SSSR count). The maximum absolute atomic E-state index is 6.08. The molecule has 22 heavy (non-hydrogen) atoms. The van der Waals surface area contributed by atoms with Gasteiger partial charge in [-0.1, -0.05) is 26.7 Å². The van der Waals surface area contributed by atoms with Crippen molar-refractivity contribution in [3.05, 3.63) is 12.4 Å². The van der Waals surface area contributed by atoms with Crippen LogP contribution in [0.3, 0.4) is 0 Å².